The summed E-state index contributed by atoms with van der Waals surface area (Å²) in [5, 5.41) is 2.88. The van der Waals surface area contributed by atoms with Gasteiger partial charge in [-0.3, -0.25) is 9.78 Å². The Morgan fingerprint density at radius 2 is 1.78 bits per heavy atom. The number of benzene rings is 1. The molecule has 0 aliphatic carbocycles. The number of carbonyl (C=O) groups is 2. The SMILES string of the molecule is CC[C@@H](NC(=O)COC(=O)c1ccncc1)c1ccc(C)cc1. The maximum atomic E-state index is 12.0. The first-order valence-corrected chi connectivity index (χ1v) is 7.53. The molecule has 0 unspecified atom stereocenters. The van der Waals surface area contributed by atoms with E-state index >= 15 is 0 Å². The fraction of sp³-hybridized carbons (Fsp3) is 0.278. The molecule has 23 heavy (non-hydrogen) atoms. The molecule has 120 valence electrons. The summed E-state index contributed by atoms with van der Waals surface area (Å²) in [4.78, 5) is 27.6. The van der Waals surface area contributed by atoms with E-state index in [0.29, 0.717) is 5.56 Å². The third-order valence-electron chi connectivity index (χ3n) is 3.47. The lowest BCUT2D eigenvalue weighted by molar-refractivity contribution is -0.125. The quantitative estimate of drug-likeness (QED) is 0.833. The van der Waals surface area contributed by atoms with Crippen molar-refractivity contribution in [1.29, 1.82) is 0 Å². The molecule has 1 aromatic carbocycles. The van der Waals surface area contributed by atoms with Crippen LogP contribution in [0.5, 0.6) is 0 Å². The van der Waals surface area contributed by atoms with Crippen LogP contribution in [0.1, 0.15) is 40.9 Å². The fourth-order valence-electron chi connectivity index (χ4n) is 2.16. The first-order valence-electron chi connectivity index (χ1n) is 7.53. The van der Waals surface area contributed by atoms with Gasteiger partial charge in [0.1, 0.15) is 0 Å². The van der Waals surface area contributed by atoms with Gasteiger partial charge in [-0.05, 0) is 31.0 Å². The normalized spacial score (nSPS) is 11.6. The molecule has 0 bridgehead atoms. The van der Waals surface area contributed by atoms with E-state index in [9.17, 15) is 9.59 Å². The van der Waals surface area contributed by atoms with Crippen LogP contribution in [0, 0.1) is 6.92 Å². The van der Waals surface area contributed by atoms with Crippen molar-refractivity contribution in [2.24, 2.45) is 0 Å². The van der Waals surface area contributed by atoms with Gasteiger partial charge >= 0.3 is 5.97 Å². The number of rotatable bonds is 6. The van der Waals surface area contributed by atoms with E-state index in [4.69, 9.17) is 4.74 Å². The molecule has 5 heteroatoms. The van der Waals surface area contributed by atoms with E-state index in [2.05, 4.69) is 10.3 Å². The Hall–Kier alpha value is -2.69. The van der Waals surface area contributed by atoms with Crippen molar-refractivity contribution in [3.05, 3.63) is 65.5 Å². The van der Waals surface area contributed by atoms with Gasteiger partial charge in [0.15, 0.2) is 6.61 Å². The number of aromatic nitrogens is 1. The minimum atomic E-state index is -0.536. The number of esters is 1. The molecular weight excluding hydrogens is 292 g/mol. The van der Waals surface area contributed by atoms with Crippen molar-refractivity contribution in [2.45, 2.75) is 26.3 Å². The summed E-state index contributed by atoms with van der Waals surface area (Å²) in [6, 6.07) is 11.0. The zero-order valence-corrected chi connectivity index (χ0v) is 13.3. The Morgan fingerprint density at radius 1 is 1.13 bits per heavy atom. The van der Waals surface area contributed by atoms with Crippen LogP contribution in [0.25, 0.3) is 0 Å². The molecule has 1 aromatic heterocycles. The molecule has 0 aliphatic rings. The molecule has 1 atom stereocenters. The average Bonchev–Trinajstić information content (AvgIpc) is 2.59. The topological polar surface area (TPSA) is 68.3 Å². The first-order chi connectivity index (χ1) is 11.1. The number of ether oxygens (including phenoxy) is 1. The standard InChI is InChI=1S/C18H20N2O3/c1-3-16(14-6-4-13(2)5-7-14)20-17(21)12-23-18(22)15-8-10-19-11-9-15/h4-11,16H,3,12H2,1-2H3,(H,20,21)/t16-/m1/s1. The maximum Gasteiger partial charge on any atom is 0.338 e. The van der Waals surface area contributed by atoms with Gasteiger partial charge < -0.3 is 10.1 Å². The van der Waals surface area contributed by atoms with Crippen LogP contribution in [-0.2, 0) is 9.53 Å². The summed E-state index contributed by atoms with van der Waals surface area (Å²) < 4.78 is 5.01. The van der Waals surface area contributed by atoms with Gasteiger partial charge in [0.05, 0.1) is 11.6 Å². The van der Waals surface area contributed by atoms with E-state index in [0.717, 1.165) is 12.0 Å². The summed E-state index contributed by atoms with van der Waals surface area (Å²) in [5.74, 6) is -0.856. The molecule has 0 saturated carbocycles. The smallest absolute Gasteiger partial charge is 0.338 e. The maximum absolute atomic E-state index is 12.0. The Morgan fingerprint density at radius 3 is 2.39 bits per heavy atom. The van der Waals surface area contributed by atoms with E-state index in [-0.39, 0.29) is 18.6 Å². The average molecular weight is 312 g/mol. The Balaban J connectivity index is 1.88. The minimum Gasteiger partial charge on any atom is -0.452 e. The predicted octanol–water partition coefficient (Wildman–Crippen LogP) is 2.81. The summed E-state index contributed by atoms with van der Waals surface area (Å²) in [6.07, 6.45) is 3.76. The van der Waals surface area contributed by atoms with Crippen molar-refractivity contribution in [3.8, 4) is 0 Å². The highest BCUT2D eigenvalue weighted by Crippen LogP contribution is 2.17. The van der Waals surface area contributed by atoms with Crippen LogP contribution < -0.4 is 5.32 Å². The van der Waals surface area contributed by atoms with Gasteiger partial charge in [0.2, 0.25) is 0 Å². The van der Waals surface area contributed by atoms with Crippen molar-refractivity contribution in [1.82, 2.24) is 10.3 Å². The van der Waals surface area contributed by atoms with Gasteiger partial charge in [-0.25, -0.2) is 4.79 Å². The van der Waals surface area contributed by atoms with E-state index in [1.807, 2.05) is 38.1 Å². The second kappa shape index (κ2) is 8.08. The van der Waals surface area contributed by atoms with Crippen LogP contribution in [0.2, 0.25) is 0 Å². The number of carbonyl (C=O) groups excluding carboxylic acids is 2. The minimum absolute atomic E-state index is 0.0947. The van der Waals surface area contributed by atoms with Crippen molar-refractivity contribution < 1.29 is 14.3 Å². The van der Waals surface area contributed by atoms with Crippen molar-refractivity contribution in [3.63, 3.8) is 0 Å². The molecule has 0 radical (unpaired) electrons. The number of nitrogens with one attached hydrogen (secondary N) is 1. The third kappa shape index (κ3) is 4.92. The number of hydrogen-bond donors (Lipinski definition) is 1. The largest absolute Gasteiger partial charge is 0.452 e. The van der Waals surface area contributed by atoms with Crippen LogP contribution >= 0.6 is 0 Å². The van der Waals surface area contributed by atoms with Crippen LogP contribution in [0.4, 0.5) is 0 Å². The molecule has 0 saturated heterocycles. The lowest BCUT2D eigenvalue weighted by atomic mass is 10.0. The molecule has 1 amide bonds. The van der Waals surface area contributed by atoms with Gasteiger partial charge in [-0.2, -0.15) is 0 Å². The zero-order valence-electron chi connectivity index (χ0n) is 13.3. The molecule has 2 rings (SSSR count). The van der Waals surface area contributed by atoms with E-state index < -0.39 is 5.97 Å². The monoisotopic (exact) mass is 312 g/mol. The van der Waals surface area contributed by atoms with Gasteiger partial charge in [0, 0.05) is 12.4 Å². The molecule has 0 fully saturated rings. The fourth-order valence-corrected chi connectivity index (χ4v) is 2.16. The lowest BCUT2D eigenvalue weighted by Crippen LogP contribution is -2.32. The van der Waals surface area contributed by atoms with Gasteiger partial charge in [0.25, 0.3) is 5.91 Å². The highest BCUT2D eigenvalue weighted by molar-refractivity contribution is 5.91. The zero-order chi connectivity index (χ0) is 16.7. The Kier molecular flexibility index (Phi) is 5.86. The molecule has 1 N–H and O–H groups in total. The van der Waals surface area contributed by atoms with Gasteiger partial charge in [-0.15, -0.1) is 0 Å². The molecule has 0 aliphatic heterocycles. The van der Waals surface area contributed by atoms with Crippen LogP contribution in [0.15, 0.2) is 48.8 Å². The molecule has 1 heterocycles. The predicted molar refractivity (Wildman–Crippen MR) is 86.9 cm³/mol. The second-order valence-electron chi connectivity index (χ2n) is 5.25. The Bertz CT molecular complexity index is 654. The molecule has 5 nitrogen and oxygen atoms in total. The number of aryl methyl sites for hydroxylation is 1. The first kappa shape index (κ1) is 16.7. The van der Waals surface area contributed by atoms with Crippen molar-refractivity contribution in [2.75, 3.05) is 6.61 Å². The number of pyridine rings is 1. The van der Waals surface area contributed by atoms with Crippen LogP contribution in [-0.4, -0.2) is 23.5 Å². The van der Waals surface area contributed by atoms with Gasteiger partial charge in [-0.1, -0.05) is 36.8 Å². The highest BCUT2D eigenvalue weighted by Gasteiger charge is 2.14. The summed E-state index contributed by atoms with van der Waals surface area (Å²) in [5.41, 5.74) is 2.58. The summed E-state index contributed by atoms with van der Waals surface area (Å²) >= 11 is 0. The highest BCUT2D eigenvalue weighted by atomic mass is 16.5. The summed E-state index contributed by atoms with van der Waals surface area (Å²) in [6.45, 7) is 3.71. The van der Waals surface area contributed by atoms with E-state index in [1.54, 1.807) is 12.1 Å². The number of hydrogen-bond acceptors (Lipinski definition) is 4. The number of amides is 1. The third-order valence-corrected chi connectivity index (χ3v) is 3.47. The molecule has 2 aromatic rings. The lowest BCUT2D eigenvalue weighted by Gasteiger charge is -2.17. The Labute approximate surface area is 135 Å². The number of nitrogens with zero attached hydrogens (tertiary/aromatic N) is 1. The molecule has 0 spiro atoms. The summed E-state index contributed by atoms with van der Waals surface area (Å²) in [7, 11) is 0. The molecular formula is C18H20N2O3. The van der Waals surface area contributed by atoms with Crippen LogP contribution in [0.3, 0.4) is 0 Å². The van der Waals surface area contributed by atoms with Crippen molar-refractivity contribution >= 4 is 11.9 Å². The van der Waals surface area contributed by atoms with E-state index in [1.165, 1.54) is 18.0 Å². The second-order valence-corrected chi connectivity index (χ2v) is 5.25.